The number of carboxylic acids is 1. The van der Waals surface area contributed by atoms with E-state index >= 15 is 0 Å². The summed E-state index contributed by atoms with van der Waals surface area (Å²) in [6, 6.07) is 8.63. The summed E-state index contributed by atoms with van der Waals surface area (Å²) in [6.07, 6.45) is 3.94. The number of carboxylic acid groups (broad SMARTS) is 1. The van der Waals surface area contributed by atoms with Gasteiger partial charge in [-0.3, -0.25) is 4.98 Å². The van der Waals surface area contributed by atoms with Crippen LogP contribution in [0.1, 0.15) is 21.5 Å². The molecule has 0 spiro atoms. The first kappa shape index (κ1) is 11.6. The number of aromatic carboxylic acids is 1. The minimum absolute atomic E-state index is 0.237. The van der Waals surface area contributed by atoms with E-state index in [-0.39, 0.29) is 5.56 Å². The van der Waals surface area contributed by atoms with Gasteiger partial charge in [0.15, 0.2) is 0 Å². The van der Waals surface area contributed by atoms with Gasteiger partial charge in [0, 0.05) is 17.4 Å². The standard InChI is InChI=1S/C13H10ClNO2/c14-11-4-3-10(12(7-11)13(16)17)6-9-2-1-5-15-8-9/h1-5,7-8H,6H2,(H,16,17). The van der Waals surface area contributed by atoms with Crippen LogP contribution < -0.4 is 0 Å². The van der Waals surface area contributed by atoms with Crippen LogP contribution in [0.2, 0.25) is 5.02 Å². The maximum absolute atomic E-state index is 11.1. The molecule has 1 aromatic carbocycles. The Hall–Kier alpha value is -1.87. The van der Waals surface area contributed by atoms with E-state index in [2.05, 4.69) is 4.98 Å². The molecule has 1 aromatic heterocycles. The molecule has 1 heterocycles. The topological polar surface area (TPSA) is 50.2 Å². The highest BCUT2D eigenvalue weighted by Gasteiger charge is 2.10. The van der Waals surface area contributed by atoms with Crippen molar-refractivity contribution >= 4 is 17.6 Å². The molecule has 0 aliphatic rings. The molecule has 0 saturated heterocycles. The van der Waals surface area contributed by atoms with E-state index in [4.69, 9.17) is 16.7 Å². The molecule has 2 aromatic rings. The number of benzene rings is 1. The Kier molecular flexibility index (Phi) is 3.40. The Morgan fingerprint density at radius 1 is 1.35 bits per heavy atom. The average Bonchev–Trinajstić information content (AvgIpc) is 2.32. The smallest absolute Gasteiger partial charge is 0.336 e. The van der Waals surface area contributed by atoms with Crippen molar-refractivity contribution in [3.8, 4) is 0 Å². The molecule has 0 atom stereocenters. The van der Waals surface area contributed by atoms with E-state index in [1.807, 2.05) is 12.1 Å². The van der Waals surface area contributed by atoms with Gasteiger partial charge in [-0.15, -0.1) is 0 Å². The molecule has 4 heteroatoms. The van der Waals surface area contributed by atoms with Gasteiger partial charge in [0.25, 0.3) is 0 Å². The zero-order valence-electron chi connectivity index (χ0n) is 8.93. The Bertz CT molecular complexity index is 540. The van der Waals surface area contributed by atoms with Crippen LogP contribution in [0.3, 0.4) is 0 Å². The number of halogens is 1. The number of aromatic nitrogens is 1. The summed E-state index contributed by atoms with van der Waals surface area (Å²) in [5.74, 6) is -0.966. The van der Waals surface area contributed by atoms with E-state index in [1.54, 1.807) is 24.5 Å². The fraction of sp³-hybridized carbons (Fsp3) is 0.0769. The second-order valence-electron chi connectivity index (χ2n) is 3.64. The van der Waals surface area contributed by atoms with Gasteiger partial charge in [0.2, 0.25) is 0 Å². The second kappa shape index (κ2) is 4.97. The molecule has 3 nitrogen and oxygen atoms in total. The monoisotopic (exact) mass is 247 g/mol. The van der Waals surface area contributed by atoms with E-state index < -0.39 is 5.97 Å². The molecule has 0 unspecified atom stereocenters. The molecule has 17 heavy (non-hydrogen) atoms. The summed E-state index contributed by atoms with van der Waals surface area (Å²) in [6.45, 7) is 0. The molecule has 0 amide bonds. The fourth-order valence-electron chi connectivity index (χ4n) is 1.62. The van der Waals surface area contributed by atoms with E-state index in [1.165, 1.54) is 6.07 Å². The summed E-state index contributed by atoms with van der Waals surface area (Å²) in [7, 11) is 0. The quantitative estimate of drug-likeness (QED) is 0.907. The van der Waals surface area contributed by atoms with Crippen molar-refractivity contribution in [2.45, 2.75) is 6.42 Å². The van der Waals surface area contributed by atoms with Gasteiger partial charge in [-0.05, 0) is 35.7 Å². The Morgan fingerprint density at radius 3 is 2.82 bits per heavy atom. The van der Waals surface area contributed by atoms with E-state index in [0.29, 0.717) is 11.4 Å². The highest BCUT2D eigenvalue weighted by atomic mass is 35.5. The maximum Gasteiger partial charge on any atom is 0.336 e. The van der Waals surface area contributed by atoms with Crippen molar-refractivity contribution in [3.05, 3.63) is 64.4 Å². The number of hydrogen-bond donors (Lipinski definition) is 1. The lowest BCUT2D eigenvalue weighted by Crippen LogP contribution is -2.03. The number of pyridine rings is 1. The molecule has 1 N–H and O–H groups in total. The van der Waals surface area contributed by atoms with Crippen LogP contribution in [0.4, 0.5) is 0 Å². The van der Waals surface area contributed by atoms with Crippen LogP contribution in [-0.2, 0) is 6.42 Å². The van der Waals surface area contributed by atoms with Gasteiger partial charge in [-0.25, -0.2) is 4.79 Å². The first-order chi connectivity index (χ1) is 8.16. The zero-order chi connectivity index (χ0) is 12.3. The number of nitrogens with zero attached hydrogens (tertiary/aromatic N) is 1. The lowest BCUT2D eigenvalue weighted by Gasteiger charge is -2.06. The Labute approximate surface area is 104 Å². The average molecular weight is 248 g/mol. The summed E-state index contributed by atoms with van der Waals surface area (Å²) in [5, 5.41) is 9.52. The maximum atomic E-state index is 11.1. The van der Waals surface area contributed by atoms with Gasteiger partial charge in [0.1, 0.15) is 0 Å². The Morgan fingerprint density at radius 2 is 2.18 bits per heavy atom. The first-order valence-corrected chi connectivity index (χ1v) is 5.45. The van der Waals surface area contributed by atoms with Gasteiger partial charge < -0.3 is 5.11 Å². The number of carbonyl (C=O) groups is 1. The predicted molar refractivity (Wildman–Crippen MR) is 65.5 cm³/mol. The van der Waals surface area contributed by atoms with Crippen LogP contribution in [0, 0.1) is 0 Å². The van der Waals surface area contributed by atoms with Crippen LogP contribution in [0.5, 0.6) is 0 Å². The molecular weight excluding hydrogens is 238 g/mol. The summed E-state index contributed by atoms with van der Waals surface area (Å²) in [4.78, 5) is 15.1. The second-order valence-corrected chi connectivity index (χ2v) is 4.08. The van der Waals surface area contributed by atoms with Crippen LogP contribution in [0.25, 0.3) is 0 Å². The summed E-state index contributed by atoms with van der Waals surface area (Å²) in [5.41, 5.74) is 1.94. The van der Waals surface area contributed by atoms with Crippen LogP contribution in [0.15, 0.2) is 42.7 Å². The Balaban J connectivity index is 2.36. The summed E-state index contributed by atoms with van der Waals surface area (Å²) >= 11 is 5.79. The van der Waals surface area contributed by atoms with Crippen LogP contribution in [-0.4, -0.2) is 16.1 Å². The van der Waals surface area contributed by atoms with Gasteiger partial charge in [0.05, 0.1) is 5.56 Å². The molecule has 0 fully saturated rings. The van der Waals surface area contributed by atoms with Gasteiger partial charge in [-0.1, -0.05) is 23.7 Å². The molecule has 0 saturated carbocycles. The SMILES string of the molecule is O=C(O)c1cc(Cl)ccc1Cc1cccnc1. The third kappa shape index (κ3) is 2.82. The molecule has 0 bridgehead atoms. The lowest BCUT2D eigenvalue weighted by molar-refractivity contribution is 0.0696. The predicted octanol–water partition coefficient (Wildman–Crippen LogP) is 3.02. The van der Waals surface area contributed by atoms with Crippen molar-refractivity contribution in [1.29, 1.82) is 0 Å². The zero-order valence-corrected chi connectivity index (χ0v) is 9.69. The summed E-state index contributed by atoms with van der Waals surface area (Å²) < 4.78 is 0. The lowest BCUT2D eigenvalue weighted by atomic mass is 10.0. The van der Waals surface area contributed by atoms with Crippen molar-refractivity contribution in [1.82, 2.24) is 4.98 Å². The van der Waals surface area contributed by atoms with Gasteiger partial charge in [-0.2, -0.15) is 0 Å². The van der Waals surface area contributed by atoms with E-state index in [0.717, 1.165) is 11.1 Å². The largest absolute Gasteiger partial charge is 0.478 e. The van der Waals surface area contributed by atoms with Crippen molar-refractivity contribution < 1.29 is 9.90 Å². The third-order valence-corrected chi connectivity index (χ3v) is 2.65. The highest BCUT2D eigenvalue weighted by Crippen LogP contribution is 2.19. The molecule has 86 valence electrons. The van der Waals surface area contributed by atoms with E-state index in [9.17, 15) is 4.79 Å². The first-order valence-electron chi connectivity index (χ1n) is 5.07. The minimum atomic E-state index is -0.966. The van der Waals surface area contributed by atoms with Crippen molar-refractivity contribution in [3.63, 3.8) is 0 Å². The van der Waals surface area contributed by atoms with Crippen molar-refractivity contribution in [2.24, 2.45) is 0 Å². The van der Waals surface area contributed by atoms with Crippen LogP contribution >= 0.6 is 11.6 Å². The molecular formula is C13H10ClNO2. The molecule has 0 aliphatic heterocycles. The van der Waals surface area contributed by atoms with Gasteiger partial charge >= 0.3 is 5.97 Å². The fourth-order valence-corrected chi connectivity index (χ4v) is 1.80. The normalized spacial score (nSPS) is 10.2. The highest BCUT2D eigenvalue weighted by molar-refractivity contribution is 6.30. The molecule has 0 aliphatic carbocycles. The number of hydrogen-bond acceptors (Lipinski definition) is 2. The van der Waals surface area contributed by atoms with Crippen molar-refractivity contribution in [2.75, 3.05) is 0 Å². The molecule has 2 rings (SSSR count). The number of rotatable bonds is 3. The molecule has 0 radical (unpaired) electrons. The third-order valence-electron chi connectivity index (χ3n) is 2.42. The minimum Gasteiger partial charge on any atom is -0.478 e.